The van der Waals surface area contributed by atoms with Gasteiger partial charge in [-0.2, -0.15) is 5.26 Å². The largest absolute Gasteiger partial charge is 0.465 e. The van der Waals surface area contributed by atoms with E-state index in [0.29, 0.717) is 4.90 Å². The predicted octanol–water partition coefficient (Wildman–Crippen LogP) is 2.29. The van der Waals surface area contributed by atoms with Crippen molar-refractivity contribution in [3.8, 4) is 6.07 Å². The summed E-state index contributed by atoms with van der Waals surface area (Å²) in [6, 6.07) is 4.84. The molecule has 0 spiro atoms. The molecule has 0 saturated carbocycles. The second kappa shape index (κ2) is 4.36. The van der Waals surface area contributed by atoms with Gasteiger partial charge in [-0.15, -0.1) is 12.6 Å². The molecule has 0 heterocycles. The van der Waals surface area contributed by atoms with Gasteiger partial charge in [-0.25, -0.2) is 4.79 Å². The number of nitrogens with zero attached hydrogens (tertiary/aromatic N) is 1. The first-order valence-electron chi connectivity index (χ1n) is 3.61. The third kappa shape index (κ3) is 1.84. The van der Waals surface area contributed by atoms with Crippen molar-refractivity contribution in [2.75, 3.05) is 7.11 Å². The van der Waals surface area contributed by atoms with E-state index in [-0.39, 0.29) is 16.1 Å². The molecule has 0 saturated heterocycles. The Hall–Kier alpha value is -1.18. The normalized spacial score (nSPS) is 9.29. The number of nitriles is 1. The van der Waals surface area contributed by atoms with Gasteiger partial charge < -0.3 is 4.74 Å². The highest BCUT2D eigenvalue weighted by atomic mass is 35.5. The summed E-state index contributed by atoms with van der Waals surface area (Å²) in [5, 5.41) is 8.96. The SMILES string of the molecule is COC(=O)c1ccc(S)c(Cl)c1C#N. The number of ether oxygens (including phenoxy) is 1. The van der Waals surface area contributed by atoms with Crippen LogP contribution in [0.1, 0.15) is 15.9 Å². The molecule has 1 aromatic rings. The Kier molecular flexibility index (Phi) is 3.39. The van der Waals surface area contributed by atoms with E-state index >= 15 is 0 Å². The molecule has 0 N–H and O–H groups in total. The van der Waals surface area contributed by atoms with E-state index in [1.165, 1.54) is 13.2 Å². The van der Waals surface area contributed by atoms with Gasteiger partial charge in [0.1, 0.15) is 6.07 Å². The Balaban J connectivity index is 3.40. The van der Waals surface area contributed by atoms with Crippen LogP contribution in [-0.2, 0) is 4.74 Å². The molecule has 0 bridgehead atoms. The van der Waals surface area contributed by atoms with Gasteiger partial charge >= 0.3 is 5.97 Å². The molecule has 0 radical (unpaired) electrons. The maximum atomic E-state index is 11.2. The van der Waals surface area contributed by atoms with Crippen molar-refractivity contribution in [3.63, 3.8) is 0 Å². The van der Waals surface area contributed by atoms with E-state index in [1.54, 1.807) is 6.07 Å². The van der Waals surface area contributed by atoms with Crippen LogP contribution in [0.5, 0.6) is 0 Å². The summed E-state index contributed by atoms with van der Waals surface area (Å²) in [5.41, 5.74) is 0.240. The molecule has 0 aliphatic heterocycles. The van der Waals surface area contributed by atoms with E-state index in [2.05, 4.69) is 17.4 Å². The zero-order chi connectivity index (χ0) is 10.7. The quantitative estimate of drug-likeness (QED) is 0.592. The topological polar surface area (TPSA) is 50.1 Å². The first-order valence-corrected chi connectivity index (χ1v) is 4.44. The maximum absolute atomic E-state index is 11.2. The van der Waals surface area contributed by atoms with Gasteiger partial charge in [0.05, 0.1) is 23.3 Å². The first kappa shape index (κ1) is 10.9. The van der Waals surface area contributed by atoms with Crippen LogP contribution in [0, 0.1) is 11.3 Å². The standard InChI is InChI=1S/C9H6ClNO2S/c1-13-9(12)5-2-3-7(14)8(10)6(5)4-11/h2-3,14H,1H3. The lowest BCUT2D eigenvalue weighted by Gasteiger charge is -2.04. The summed E-state index contributed by atoms with van der Waals surface area (Å²) < 4.78 is 4.50. The Morgan fingerprint density at radius 3 is 2.79 bits per heavy atom. The summed E-state index contributed by atoms with van der Waals surface area (Å²) in [7, 11) is 1.24. The van der Waals surface area contributed by atoms with Crippen LogP contribution >= 0.6 is 24.2 Å². The van der Waals surface area contributed by atoms with Crippen LogP contribution in [0.3, 0.4) is 0 Å². The minimum atomic E-state index is -0.586. The highest BCUT2D eigenvalue weighted by Gasteiger charge is 2.15. The van der Waals surface area contributed by atoms with Crippen LogP contribution in [0.25, 0.3) is 0 Å². The van der Waals surface area contributed by atoms with Gasteiger partial charge in [0.15, 0.2) is 0 Å². The average molecular weight is 228 g/mol. The molecule has 1 aromatic carbocycles. The minimum Gasteiger partial charge on any atom is -0.465 e. The number of benzene rings is 1. The second-order valence-electron chi connectivity index (χ2n) is 2.42. The molecule has 0 aliphatic carbocycles. The molecule has 0 atom stereocenters. The molecule has 14 heavy (non-hydrogen) atoms. The van der Waals surface area contributed by atoms with Gasteiger partial charge in [-0.3, -0.25) is 0 Å². The van der Waals surface area contributed by atoms with Crippen LogP contribution in [-0.4, -0.2) is 13.1 Å². The average Bonchev–Trinajstić information content (AvgIpc) is 2.20. The Labute approximate surface area is 91.7 Å². The van der Waals surface area contributed by atoms with Crippen molar-refractivity contribution in [3.05, 3.63) is 28.3 Å². The number of hydrogen-bond acceptors (Lipinski definition) is 4. The number of carbonyl (C=O) groups excluding carboxylic acids is 1. The number of halogens is 1. The van der Waals surface area contributed by atoms with Crippen LogP contribution < -0.4 is 0 Å². The summed E-state index contributed by atoms with van der Waals surface area (Å²) in [6.45, 7) is 0. The van der Waals surface area contributed by atoms with Gasteiger partial charge in [0.25, 0.3) is 0 Å². The highest BCUT2D eigenvalue weighted by molar-refractivity contribution is 7.80. The smallest absolute Gasteiger partial charge is 0.339 e. The van der Waals surface area contributed by atoms with Crippen molar-refractivity contribution in [2.45, 2.75) is 4.90 Å². The summed E-state index contributed by atoms with van der Waals surface area (Å²) in [4.78, 5) is 11.7. The zero-order valence-corrected chi connectivity index (χ0v) is 8.89. The molecule has 0 unspecified atom stereocenters. The number of carbonyl (C=O) groups is 1. The lowest BCUT2D eigenvalue weighted by Crippen LogP contribution is -2.04. The summed E-state index contributed by atoms with van der Waals surface area (Å²) >= 11 is 9.82. The zero-order valence-electron chi connectivity index (χ0n) is 7.24. The fraction of sp³-hybridized carbons (Fsp3) is 0.111. The van der Waals surface area contributed by atoms with Crippen molar-refractivity contribution < 1.29 is 9.53 Å². The summed E-state index contributed by atoms with van der Waals surface area (Å²) in [5.74, 6) is -0.586. The molecular weight excluding hydrogens is 222 g/mol. The monoisotopic (exact) mass is 227 g/mol. The molecule has 3 nitrogen and oxygen atoms in total. The number of hydrogen-bond donors (Lipinski definition) is 1. The maximum Gasteiger partial charge on any atom is 0.339 e. The molecule has 1 rings (SSSR count). The van der Waals surface area contributed by atoms with Crippen molar-refractivity contribution >= 4 is 30.2 Å². The fourth-order valence-electron chi connectivity index (χ4n) is 0.954. The van der Waals surface area contributed by atoms with Gasteiger partial charge in [-0.1, -0.05) is 11.6 Å². The number of esters is 1. The molecule has 72 valence electrons. The van der Waals surface area contributed by atoms with E-state index < -0.39 is 5.97 Å². The van der Waals surface area contributed by atoms with Crippen molar-refractivity contribution in [2.24, 2.45) is 0 Å². The summed E-state index contributed by atoms with van der Waals surface area (Å²) in [6.07, 6.45) is 0. The lowest BCUT2D eigenvalue weighted by molar-refractivity contribution is 0.0600. The van der Waals surface area contributed by atoms with Gasteiger partial charge in [0, 0.05) is 4.90 Å². The minimum absolute atomic E-state index is 0.0889. The third-order valence-corrected chi connectivity index (χ3v) is 2.54. The van der Waals surface area contributed by atoms with E-state index in [0.717, 1.165) is 0 Å². The first-order chi connectivity index (χ1) is 6.61. The number of thiol groups is 1. The Morgan fingerprint density at radius 1 is 1.64 bits per heavy atom. The molecule has 5 heteroatoms. The van der Waals surface area contributed by atoms with Crippen LogP contribution in [0.2, 0.25) is 5.02 Å². The number of rotatable bonds is 1. The van der Waals surface area contributed by atoms with E-state index in [9.17, 15) is 4.79 Å². The molecule has 0 amide bonds. The lowest BCUT2D eigenvalue weighted by atomic mass is 10.1. The fourth-order valence-corrected chi connectivity index (χ4v) is 1.35. The van der Waals surface area contributed by atoms with Crippen LogP contribution in [0.4, 0.5) is 0 Å². The van der Waals surface area contributed by atoms with Crippen molar-refractivity contribution in [1.82, 2.24) is 0 Å². The Morgan fingerprint density at radius 2 is 2.29 bits per heavy atom. The number of methoxy groups -OCH3 is 1. The Bertz CT molecular complexity index is 426. The molecule has 0 aromatic heterocycles. The van der Waals surface area contributed by atoms with Crippen LogP contribution in [0.15, 0.2) is 17.0 Å². The van der Waals surface area contributed by atoms with Gasteiger partial charge in [0.2, 0.25) is 0 Å². The molecule has 0 fully saturated rings. The second-order valence-corrected chi connectivity index (χ2v) is 3.28. The molecular formula is C9H6ClNO2S. The van der Waals surface area contributed by atoms with Crippen molar-refractivity contribution in [1.29, 1.82) is 5.26 Å². The highest BCUT2D eigenvalue weighted by Crippen LogP contribution is 2.26. The predicted molar refractivity (Wildman–Crippen MR) is 54.8 cm³/mol. The van der Waals surface area contributed by atoms with Gasteiger partial charge in [-0.05, 0) is 12.1 Å². The molecule has 0 aliphatic rings. The third-order valence-electron chi connectivity index (χ3n) is 1.64. The van der Waals surface area contributed by atoms with E-state index in [1.807, 2.05) is 6.07 Å². The van der Waals surface area contributed by atoms with E-state index in [4.69, 9.17) is 16.9 Å².